The Morgan fingerprint density at radius 2 is 1.75 bits per heavy atom. The molecule has 1 amide bonds. The van der Waals surface area contributed by atoms with E-state index in [2.05, 4.69) is 47.6 Å². The van der Waals surface area contributed by atoms with Gasteiger partial charge in [0.1, 0.15) is 0 Å². The third kappa shape index (κ3) is 7.14. The Morgan fingerprint density at radius 1 is 1.10 bits per heavy atom. The van der Waals surface area contributed by atoms with E-state index in [1.807, 2.05) is 14.1 Å². The molecule has 0 aliphatic heterocycles. The Labute approximate surface area is 122 Å². The molecule has 4 nitrogen and oxygen atoms in total. The van der Waals surface area contributed by atoms with Gasteiger partial charge >= 0.3 is 0 Å². The van der Waals surface area contributed by atoms with Gasteiger partial charge in [-0.25, -0.2) is 0 Å². The molecule has 0 radical (unpaired) electrons. The van der Waals surface area contributed by atoms with E-state index >= 15 is 0 Å². The van der Waals surface area contributed by atoms with Crippen molar-refractivity contribution < 1.29 is 4.79 Å². The highest BCUT2D eigenvalue weighted by atomic mass is 16.1. The van der Waals surface area contributed by atoms with E-state index < -0.39 is 0 Å². The van der Waals surface area contributed by atoms with Crippen LogP contribution in [0.1, 0.15) is 24.0 Å². The number of aryl methyl sites for hydroxylation is 2. The second kappa shape index (κ2) is 8.59. The maximum atomic E-state index is 11.6. The fraction of sp³-hybridized carbons (Fsp3) is 0.562. The first-order valence-electron chi connectivity index (χ1n) is 7.21. The summed E-state index contributed by atoms with van der Waals surface area (Å²) in [6.45, 7) is 6.58. The summed E-state index contributed by atoms with van der Waals surface area (Å²) in [4.78, 5) is 13.8. The molecule has 4 heteroatoms. The van der Waals surface area contributed by atoms with E-state index in [0.29, 0.717) is 13.0 Å². The minimum absolute atomic E-state index is 0.112. The highest BCUT2D eigenvalue weighted by Crippen LogP contribution is 2.13. The minimum Gasteiger partial charge on any atom is -0.385 e. The first kappa shape index (κ1) is 16.5. The molecule has 0 fully saturated rings. The highest BCUT2D eigenvalue weighted by Gasteiger charge is 2.01. The third-order valence-corrected chi connectivity index (χ3v) is 3.01. The third-order valence-electron chi connectivity index (χ3n) is 3.01. The van der Waals surface area contributed by atoms with Crippen LogP contribution in [0.5, 0.6) is 0 Å². The molecule has 0 spiro atoms. The first-order chi connectivity index (χ1) is 9.47. The summed E-state index contributed by atoms with van der Waals surface area (Å²) in [5.74, 6) is 0.112. The van der Waals surface area contributed by atoms with Crippen LogP contribution in [0.15, 0.2) is 18.2 Å². The summed E-state index contributed by atoms with van der Waals surface area (Å²) >= 11 is 0. The van der Waals surface area contributed by atoms with Crippen LogP contribution in [-0.2, 0) is 4.79 Å². The molecule has 0 aliphatic rings. The van der Waals surface area contributed by atoms with E-state index in [0.717, 1.165) is 25.2 Å². The number of carbonyl (C=O) groups excluding carboxylic acids is 1. The van der Waals surface area contributed by atoms with Crippen LogP contribution in [0.25, 0.3) is 0 Å². The molecule has 2 N–H and O–H groups in total. The zero-order valence-electron chi connectivity index (χ0n) is 13.1. The topological polar surface area (TPSA) is 44.4 Å². The molecule has 1 aromatic carbocycles. The van der Waals surface area contributed by atoms with Gasteiger partial charge in [-0.1, -0.05) is 6.07 Å². The second-order valence-electron chi connectivity index (χ2n) is 5.56. The summed E-state index contributed by atoms with van der Waals surface area (Å²) in [6.07, 6.45) is 1.50. The first-order valence-corrected chi connectivity index (χ1v) is 7.21. The van der Waals surface area contributed by atoms with Crippen molar-refractivity contribution in [3.8, 4) is 0 Å². The lowest BCUT2D eigenvalue weighted by molar-refractivity contribution is -0.120. The van der Waals surface area contributed by atoms with Crippen molar-refractivity contribution in [1.82, 2.24) is 10.2 Å². The lowest BCUT2D eigenvalue weighted by Crippen LogP contribution is -2.28. The van der Waals surface area contributed by atoms with Gasteiger partial charge < -0.3 is 15.5 Å². The van der Waals surface area contributed by atoms with Gasteiger partial charge in [-0.3, -0.25) is 4.79 Å². The number of rotatable bonds is 8. The standard InChI is InChI=1S/C16H27N3O/c1-13-10-14(2)12-15(11-13)17-8-6-16(20)18-7-5-9-19(3)4/h10-12,17H,5-9H2,1-4H3,(H,18,20). The number of hydrogen-bond donors (Lipinski definition) is 2. The van der Waals surface area contributed by atoms with E-state index in [9.17, 15) is 4.79 Å². The maximum absolute atomic E-state index is 11.6. The Balaban J connectivity index is 2.18. The number of nitrogens with zero attached hydrogens (tertiary/aromatic N) is 1. The normalized spacial score (nSPS) is 10.7. The quantitative estimate of drug-likeness (QED) is 0.716. The number of anilines is 1. The molecule has 112 valence electrons. The molecule has 0 heterocycles. The van der Waals surface area contributed by atoms with Gasteiger partial charge in [-0.2, -0.15) is 0 Å². The number of carbonyl (C=O) groups is 1. The van der Waals surface area contributed by atoms with Gasteiger partial charge in [-0.05, 0) is 64.2 Å². The second-order valence-corrected chi connectivity index (χ2v) is 5.56. The molecule has 0 atom stereocenters. The van der Waals surface area contributed by atoms with Crippen molar-refractivity contribution in [2.45, 2.75) is 26.7 Å². The van der Waals surface area contributed by atoms with Crippen LogP contribution in [-0.4, -0.2) is 44.5 Å². The van der Waals surface area contributed by atoms with Crippen molar-refractivity contribution >= 4 is 11.6 Å². The minimum atomic E-state index is 0.112. The predicted octanol–water partition coefficient (Wildman–Crippen LogP) is 2.17. The summed E-state index contributed by atoms with van der Waals surface area (Å²) in [6, 6.07) is 6.34. The molecule has 0 unspecified atom stereocenters. The Hall–Kier alpha value is -1.55. The number of benzene rings is 1. The lowest BCUT2D eigenvalue weighted by atomic mass is 10.1. The zero-order valence-corrected chi connectivity index (χ0v) is 13.1. The molecule has 0 saturated carbocycles. The monoisotopic (exact) mass is 277 g/mol. The van der Waals surface area contributed by atoms with Crippen molar-refractivity contribution in [1.29, 1.82) is 0 Å². The van der Waals surface area contributed by atoms with Gasteiger partial charge in [0.2, 0.25) is 5.91 Å². The largest absolute Gasteiger partial charge is 0.385 e. The van der Waals surface area contributed by atoms with Gasteiger partial charge in [0, 0.05) is 25.2 Å². The summed E-state index contributed by atoms with van der Waals surface area (Å²) in [5.41, 5.74) is 3.56. The lowest BCUT2D eigenvalue weighted by Gasteiger charge is -2.11. The highest BCUT2D eigenvalue weighted by molar-refractivity contribution is 5.76. The Kier molecular flexibility index (Phi) is 7.09. The molecule has 0 saturated heterocycles. The molecular formula is C16H27N3O. The number of amides is 1. The fourth-order valence-corrected chi connectivity index (χ4v) is 2.11. The molecule has 0 aromatic heterocycles. The van der Waals surface area contributed by atoms with E-state index in [1.165, 1.54) is 11.1 Å². The summed E-state index contributed by atoms with van der Waals surface area (Å²) < 4.78 is 0. The average Bonchev–Trinajstić information content (AvgIpc) is 2.33. The molecule has 0 bridgehead atoms. The van der Waals surface area contributed by atoms with Crippen molar-refractivity contribution in [2.75, 3.05) is 39.0 Å². The van der Waals surface area contributed by atoms with Crippen LogP contribution in [0, 0.1) is 13.8 Å². The van der Waals surface area contributed by atoms with Crippen LogP contribution < -0.4 is 10.6 Å². The Morgan fingerprint density at radius 3 is 2.35 bits per heavy atom. The zero-order chi connectivity index (χ0) is 15.0. The Bertz CT molecular complexity index is 409. The summed E-state index contributed by atoms with van der Waals surface area (Å²) in [7, 11) is 4.07. The van der Waals surface area contributed by atoms with Gasteiger partial charge in [-0.15, -0.1) is 0 Å². The van der Waals surface area contributed by atoms with Crippen LogP contribution in [0.3, 0.4) is 0 Å². The van der Waals surface area contributed by atoms with Crippen LogP contribution >= 0.6 is 0 Å². The van der Waals surface area contributed by atoms with E-state index in [4.69, 9.17) is 0 Å². The van der Waals surface area contributed by atoms with Crippen LogP contribution in [0.4, 0.5) is 5.69 Å². The van der Waals surface area contributed by atoms with E-state index in [-0.39, 0.29) is 5.91 Å². The van der Waals surface area contributed by atoms with Crippen LogP contribution in [0.2, 0.25) is 0 Å². The SMILES string of the molecule is Cc1cc(C)cc(NCCC(=O)NCCCN(C)C)c1. The molecule has 20 heavy (non-hydrogen) atoms. The van der Waals surface area contributed by atoms with Crippen molar-refractivity contribution in [3.63, 3.8) is 0 Å². The number of nitrogens with one attached hydrogen (secondary N) is 2. The average molecular weight is 277 g/mol. The molecule has 1 aromatic rings. The fourth-order valence-electron chi connectivity index (χ4n) is 2.11. The van der Waals surface area contributed by atoms with Crippen molar-refractivity contribution in [3.05, 3.63) is 29.3 Å². The smallest absolute Gasteiger partial charge is 0.221 e. The predicted molar refractivity (Wildman–Crippen MR) is 85.2 cm³/mol. The number of hydrogen-bond acceptors (Lipinski definition) is 3. The molecule has 0 aliphatic carbocycles. The van der Waals surface area contributed by atoms with Gasteiger partial charge in [0.05, 0.1) is 0 Å². The van der Waals surface area contributed by atoms with E-state index in [1.54, 1.807) is 0 Å². The molecule has 1 rings (SSSR count). The molecular weight excluding hydrogens is 250 g/mol. The van der Waals surface area contributed by atoms with Gasteiger partial charge in [0.15, 0.2) is 0 Å². The summed E-state index contributed by atoms with van der Waals surface area (Å²) in [5, 5.41) is 6.24. The van der Waals surface area contributed by atoms with Crippen molar-refractivity contribution in [2.24, 2.45) is 0 Å². The van der Waals surface area contributed by atoms with Gasteiger partial charge in [0.25, 0.3) is 0 Å². The maximum Gasteiger partial charge on any atom is 0.221 e.